The highest BCUT2D eigenvalue weighted by molar-refractivity contribution is 5.34. The van der Waals surface area contributed by atoms with Crippen LogP contribution in [0.1, 0.15) is 0 Å². The van der Waals surface area contributed by atoms with Gasteiger partial charge in [-0.05, 0) is 36.4 Å². The van der Waals surface area contributed by atoms with Crippen molar-refractivity contribution in [1.29, 1.82) is 0 Å². The highest BCUT2D eigenvalue weighted by Crippen LogP contribution is 2.08. The van der Waals surface area contributed by atoms with Crippen LogP contribution in [0.25, 0.3) is 11.4 Å². The molecular formula is C14H10FN3O. The molecule has 0 fully saturated rings. The molecule has 2 aromatic heterocycles. The molecule has 0 radical (unpaired) electrons. The van der Waals surface area contributed by atoms with Crippen LogP contribution < -0.4 is 5.69 Å². The molecule has 0 aliphatic carbocycles. The van der Waals surface area contributed by atoms with Crippen LogP contribution in [0.15, 0.2) is 66.0 Å². The van der Waals surface area contributed by atoms with Crippen LogP contribution in [-0.4, -0.2) is 14.1 Å². The molecule has 19 heavy (non-hydrogen) atoms. The average Bonchev–Trinajstić information content (AvgIpc) is 2.83. The molecule has 5 heteroatoms. The van der Waals surface area contributed by atoms with E-state index in [1.54, 1.807) is 49.1 Å². The lowest BCUT2D eigenvalue weighted by Crippen LogP contribution is -2.21. The summed E-state index contributed by atoms with van der Waals surface area (Å²) in [5.41, 5.74) is 1.09. The molecular weight excluding hydrogens is 245 g/mol. The first-order valence-corrected chi connectivity index (χ1v) is 5.72. The minimum Gasteiger partial charge on any atom is -0.268 e. The molecule has 0 aliphatic heterocycles. The second kappa shape index (κ2) is 4.53. The smallest absolute Gasteiger partial charge is 0.268 e. The predicted octanol–water partition coefficient (Wildman–Crippen LogP) is 2.16. The number of rotatable bonds is 2. The number of halogens is 1. The zero-order valence-electron chi connectivity index (χ0n) is 9.90. The first-order valence-electron chi connectivity index (χ1n) is 5.72. The summed E-state index contributed by atoms with van der Waals surface area (Å²) in [5.74, 6) is -0.330. The molecule has 0 unspecified atom stereocenters. The Bertz CT molecular complexity index is 744. The van der Waals surface area contributed by atoms with Gasteiger partial charge in [-0.2, -0.15) is 0 Å². The van der Waals surface area contributed by atoms with Crippen LogP contribution in [0, 0.1) is 5.82 Å². The summed E-state index contributed by atoms with van der Waals surface area (Å²) in [6.45, 7) is 0. The van der Waals surface area contributed by atoms with E-state index in [0.29, 0.717) is 11.4 Å². The van der Waals surface area contributed by atoms with Gasteiger partial charge in [0.05, 0.1) is 17.6 Å². The standard InChI is InChI=1S/C14H10FN3O/c15-11-3-5-12(6-4-11)17-8-9-18(14(17)19)13-2-1-7-16-10-13/h1-10H. The molecule has 1 aromatic carbocycles. The van der Waals surface area contributed by atoms with Crippen molar-refractivity contribution in [3.8, 4) is 11.4 Å². The third-order valence-corrected chi connectivity index (χ3v) is 2.81. The molecule has 2 heterocycles. The lowest BCUT2D eigenvalue weighted by Gasteiger charge is -2.02. The van der Waals surface area contributed by atoms with Crippen molar-refractivity contribution in [2.24, 2.45) is 0 Å². The number of nitrogens with zero attached hydrogens (tertiary/aromatic N) is 3. The third kappa shape index (κ3) is 2.06. The molecule has 0 aliphatic rings. The van der Waals surface area contributed by atoms with E-state index in [1.807, 2.05) is 0 Å². The Morgan fingerprint density at radius 1 is 0.947 bits per heavy atom. The van der Waals surface area contributed by atoms with Crippen LogP contribution in [0.3, 0.4) is 0 Å². The van der Waals surface area contributed by atoms with Gasteiger partial charge in [-0.15, -0.1) is 0 Å². The zero-order chi connectivity index (χ0) is 13.2. The molecule has 0 spiro atoms. The van der Waals surface area contributed by atoms with Gasteiger partial charge in [-0.25, -0.2) is 9.18 Å². The summed E-state index contributed by atoms with van der Waals surface area (Å²) in [7, 11) is 0. The highest BCUT2D eigenvalue weighted by Gasteiger charge is 2.06. The number of pyridine rings is 1. The minimum atomic E-state index is -0.330. The Morgan fingerprint density at radius 3 is 2.26 bits per heavy atom. The van der Waals surface area contributed by atoms with Crippen LogP contribution in [-0.2, 0) is 0 Å². The van der Waals surface area contributed by atoms with E-state index in [-0.39, 0.29) is 11.5 Å². The van der Waals surface area contributed by atoms with E-state index < -0.39 is 0 Å². The third-order valence-electron chi connectivity index (χ3n) is 2.81. The van der Waals surface area contributed by atoms with E-state index in [4.69, 9.17) is 0 Å². The quantitative estimate of drug-likeness (QED) is 0.704. The lowest BCUT2D eigenvalue weighted by atomic mass is 10.3. The first-order chi connectivity index (χ1) is 9.25. The fourth-order valence-electron chi connectivity index (χ4n) is 1.87. The summed E-state index contributed by atoms with van der Waals surface area (Å²) < 4.78 is 15.8. The molecule has 94 valence electrons. The van der Waals surface area contributed by atoms with Gasteiger partial charge in [0.25, 0.3) is 0 Å². The molecule has 3 aromatic rings. The van der Waals surface area contributed by atoms with Crippen LogP contribution in [0.2, 0.25) is 0 Å². The highest BCUT2D eigenvalue weighted by atomic mass is 19.1. The zero-order valence-corrected chi connectivity index (χ0v) is 9.90. The van der Waals surface area contributed by atoms with Crippen molar-refractivity contribution >= 4 is 0 Å². The summed E-state index contributed by atoms with van der Waals surface area (Å²) in [4.78, 5) is 16.2. The maximum Gasteiger partial charge on any atom is 0.337 e. The fourth-order valence-corrected chi connectivity index (χ4v) is 1.87. The van der Waals surface area contributed by atoms with Gasteiger partial charge in [-0.1, -0.05) is 0 Å². The molecule has 0 amide bonds. The van der Waals surface area contributed by atoms with Gasteiger partial charge in [0, 0.05) is 18.6 Å². The van der Waals surface area contributed by atoms with Crippen molar-refractivity contribution in [3.63, 3.8) is 0 Å². The fraction of sp³-hybridized carbons (Fsp3) is 0. The van der Waals surface area contributed by atoms with E-state index in [2.05, 4.69) is 4.98 Å². The molecule has 0 saturated heterocycles. The number of aromatic nitrogens is 3. The van der Waals surface area contributed by atoms with Crippen LogP contribution in [0.5, 0.6) is 0 Å². The second-order valence-corrected chi connectivity index (χ2v) is 4.01. The number of hydrogen-bond donors (Lipinski definition) is 0. The summed E-state index contributed by atoms with van der Waals surface area (Å²) in [6.07, 6.45) is 6.55. The molecule has 0 N–H and O–H groups in total. The molecule has 3 rings (SSSR count). The summed E-state index contributed by atoms with van der Waals surface area (Å²) in [6, 6.07) is 9.32. The largest absolute Gasteiger partial charge is 0.337 e. The Hall–Kier alpha value is -2.69. The van der Waals surface area contributed by atoms with Crippen LogP contribution >= 0.6 is 0 Å². The van der Waals surface area contributed by atoms with Gasteiger partial charge < -0.3 is 0 Å². The minimum absolute atomic E-state index is 0.223. The average molecular weight is 255 g/mol. The van der Waals surface area contributed by atoms with Crippen molar-refractivity contribution < 1.29 is 4.39 Å². The molecule has 0 bridgehead atoms. The monoisotopic (exact) mass is 255 g/mol. The van der Waals surface area contributed by atoms with Gasteiger partial charge >= 0.3 is 5.69 Å². The first kappa shape index (κ1) is 11.4. The van der Waals surface area contributed by atoms with Crippen LogP contribution in [0.4, 0.5) is 4.39 Å². The lowest BCUT2D eigenvalue weighted by molar-refractivity contribution is 0.627. The van der Waals surface area contributed by atoms with Crippen molar-refractivity contribution in [2.75, 3.05) is 0 Å². The molecule has 0 saturated carbocycles. The van der Waals surface area contributed by atoms with Crippen molar-refractivity contribution in [1.82, 2.24) is 14.1 Å². The van der Waals surface area contributed by atoms with E-state index >= 15 is 0 Å². The van der Waals surface area contributed by atoms with Gasteiger partial charge in [0.1, 0.15) is 5.82 Å². The maximum atomic E-state index is 12.9. The summed E-state index contributed by atoms with van der Waals surface area (Å²) >= 11 is 0. The van der Waals surface area contributed by atoms with Crippen molar-refractivity contribution in [2.45, 2.75) is 0 Å². The molecule has 4 nitrogen and oxygen atoms in total. The topological polar surface area (TPSA) is 39.8 Å². The summed E-state index contributed by atoms with van der Waals surface area (Å²) in [5, 5.41) is 0. The Kier molecular flexibility index (Phi) is 2.72. The second-order valence-electron chi connectivity index (χ2n) is 4.01. The van der Waals surface area contributed by atoms with Gasteiger partial charge in [0.15, 0.2) is 0 Å². The Labute approximate surface area is 108 Å². The Morgan fingerprint density at radius 2 is 1.63 bits per heavy atom. The SMILES string of the molecule is O=c1n(-c2ccc(F)cc2)ccn1-c1cccnc1. The normalized spacial score (nSPS) is 10.6. The van der Waals surface area contributed by atoms with E-state index in [1.165, 1.54) is 21.3 Å². The number of benzene rings is 1. The predicted molar refractivity (Wildman–Crippen MR) is 69.1 cm³/mol. The van der Waals surface area contributed by atoms with Crippen molar-refractivity contribution in [3.05, 3.63) is 77.5 Å². The molecule has 0 atom stereocenters. The number of imidazole rings is 1. The van der Waals surface area contributed by atoms with E-state index in [9.17, 15) is 9.18 Å². The van der Waals surface area contributed by atoms with Gasteiger partial charge in [-0.3, -0.25) is 14.1 Å². The maximum absolute atomic E-state index is 12.9. The Balaban J connectivity index is 2.09. The number of hydrogen-bond acceptors (Lipinski definition) is 2. The van der Waals surface area contributed by atoms with Gasteiger partial charge in [0.2, 0.25) is 0 Å². The van der Waals surface area contributed by atoms with E-state index in [0.717, 1.165) is 0 Å².